The number of halogens is 5. The van der Waals surface area contributed by atoms with E-state index in [9.17, 15) is 45.9 Å². The molecule has 0 aliphatic rings. The van der Waals surface area contributed by atoms with Crippen molar-refractivity contribution < 1.29 is 50.7 Å². The highest BCUT2D eigenvalue weighted by Crippen LogP contribution is 2.27. The van der Waals surface area contributed by atoms with Crippen molar-refractivity contribution in [3.63, 3.8) is 0 Å². The molecule has 0 bridgehead atoms. The van der Waals surface area contributed by atoms with E-state index in [0.29, 0.717) is 5.56 Å². The number of amides is 4. The van der Waals surface area contributed by atoms with Gasteiger partial charge in [-0.1, -0.05) is 60.7 Å². The average Bonchev–Trinajstić information content (AvgIpc) is 3.20. The third-order valence-corrected chi connectivity index (χ3v) is 8.92. The van der Waals surface area contributed by atoms with Crippen molar-refractivity contribution in [1.29, 1.82) is 0 Å². The molecule has 4 atom stereocenters. The largest absolute Gasteiger partial charge is 0.445 e. The first-order valence-electron chi connectivity index (χ1n) is 18.3. The minimum absolute atomic E-state index is 0.0111. The van der Waals surface area contributed by atoms with Crippen LogP contribution in [0, 0.1) is 35.0 Å². The van der Waals surface area contributed by atoms with Gasteiger partial charge in [0.1, 0.15) is 12.6 Å². The number of hydrogen-bond acceptors (Lipinski definition) is 8. The molecule has 0 fully saturated rings. The van der Waals surface area contributed by atoms with Crippen LogP contribution in [-0.2, 0) is 43.4 Å². The summed E-state index contributed by atoms with van der Waals surface area (Å²) < 4.78 is 77.3. The summed E-state index contributed by atoms with van der Waals surface area (Å²) in [7, 11) is 0. The van der Waals surface area contributed by atoms with Crippen molar-refractivity contribution in [2.24, 2.45) is 33.8 Å². The number of guanidine groups is 1. The zero-order chi connectivity index (χ0) is 42.8. The van der Waals surface area contributed by atoms with Gasteiger partial charge in [0, 0.05) is 31.0 Å². The van der Waals surface area contributed by atoms with E-state index in [1.54, 1.807) is 54.6 Å². The molecule has 4 amide bonds. The Labute approximate surface area is 331 Å². The molecular weight excluding hydrogens is 771 g/mol. The summed E-state index contributed by atoms with van der Waals surface area (Å²) in [6.07, 6.45) is -2.36. The summed E-state index contributed by atoms with van der Waals surface area (Å²) >= 11 is 0. The summed E-state index contributed by atoms with van der Waals surface area (Å²) in [6, 6.07) is 13.7. The first-order valence-corrected chi connectivity index (χ1v) is 18.3. The molecule has 0 radical (unpaired) electrons. The van der Waals surface area contributed by atoms with Gasteiger partial charge in [-0.15, -0.1) is 0 Å². The van der Waals surface area contributed by atoms with Crippen molar-refractivity contribution in [3.8, 4) is 0 Å². The summed E-state index contributed by atoms with van der Waals surface area (Å²) in [6.45, 7) is 0.150. The van der Waals surface area contributed by atoms with Crippen molar-refractivity contribution in [2.45, 2.75) is 76.1 Å². The van der Waals surface area contributed by atoms with Gasteiger partial charge in [0.25, 0.3) is 0 Å². The number of hydrogen-bond donors (Lipinski definition) is 7. The Balaban J connectivity index is 1.78. The molecular formula is C39H47F5N8O6. The molecule has 0 saturated carbocycles. The number of alkyl carbamates (subject to hydrolysis) is 1. The van der Waals surface area contributed by atoms with Crippen molar-refractivity contribution in [1.82, 2.24) is 16.0 Å². The van der Waals surface area contributed by atoms with Crippen molar-refractivity contribution >= 4 is 35.6 Å². The molecule has 0 aromatic heterocycles. The van der Waals surface area contributed by atoms with Crippen molar-refractivity contribution in [3.05, 3.63) is 106 Å². The molecule has 0 spiro atoms. The predicted molar refractivity (Wildman–Crippen MR) is 203 cm³/mol. The summed E-state index contributed by atoms with van der Waals surface area (Å²) in [4.78, 5) is 69.0. The first-order chi connectivity index (χ1) is 27.6. The zero-order valence-corrected chi connectivity index (χ0v) is 31.5. The highest BCUT2D eigenvalue weighted by Gasteiger charge is 2.34. The first kappa shape index (κ1) is 46.3. The fourth-order valence-corrected chi connectivity index (χ4v) is 5.79. The SMILES string of the molecule is NC(=O)[C@H](CCCCNC(=O)OCc1ccccc1)NC(=O)[C@@H](CC(=O)[C@@H](CCCN=C(N)N)NC(=O)[C@@H](N)Cc1ccccc1)Cc1c(F)c(F)c(F)c(F)c1F. The summed E-state index contributed by atoms with van der Waals surface area (Å²) in [5.74, 6) is -17.4. The standard InChI is InChI=1S/C39H47F5N8O6/c40-30-25(31(41)33(43)34(44)32(30)42)19-24(36(55)52-28(35(46)54)14-7-8-16-50-39(57)58-21-23-12-5-2-6-13-23)20-29(53)27(15-9-17-49-38(47)48)51-37(56)26(45)18-22-10-3-1-4-11-22/h1-6,10-13,24,26-28H,7-9,14-21,45H2,(H2,46,54)(H,50,57)(H,51,56)(H,52,55)(H4,47,48,49)/t24-,26+,27-,28+/m1/s1. The van der Waals surface area contributed by atoms with Crippen LogP contribution in [0.1, 0.15) is 55.2 Å². The number of unbranched alkanes of at least 4 members (excludes halogenated alkanes) is 1. The van der Waals surface area contributed by atoms with Crippen LogP contribution in [0.4, 0.5) is 26.7 Å². The summed E-state index contributed by atoms with van der Waals surface area (Å²) in [5, 5.41) is 7.37. The number of ketones is 1. The quantitative estimate of drug-likeness (QED) is 0.0185. The molecule has 19 heteroatoms. The third kappa shape index (κ3) is 14.8. The molecule has 0 heterocycles. The molecule has 14 nitrogen and oxygen atoms in total. The monoisotopic (exact) mass is 818 g/mol. The van der Waals surface area contributed by atoms with Gasteiger partial charge in [-0.2, -0.15) is 0 Å². The molecule has 58 heavy (non-hydrogen) atoms. The minimum Gasteiger partial charge on any atom is -0.445 e. The number of ether oxygens (including phenoxy) is 1. The fourth-order valence-electron chi connectivity index (χ4n) is 5.79. The molecule has 0 saturated heterocycles. The molecule has 11 N–H and O–H groups in total. The van der Waals surface area contributed by atoms with Crippen LogP contribution in [0.5, 0.6) is 0 Å². The van der Waals surface area contributed by atoms with Crippen LogP contribution in [0.15, 0.2) is 65.7 Å². The smallest absolute Gasteiger partial charge is 0.407 e. The van der Waals surface area contributed by atoms with Gasteiger partial charge in [-0.3, -0.25) is 24.2 Å². The fraction of sp³-hybridized carbons (Fsp3) is 0.385. The van der Waals surface area contributed by atoms with E-state index in [1.807, 2.05) is 6.07 Å². The lowest BCUT2D eigenvalue weighted by Crippen LogP contribution is -2.51. The van der Waals surface area contributed by atoms with Crippen LogP contribution < -0.4 is 38.9 Å². The van der Waals surface area contributed by atoms with E-state index < -0.39 is 101 Å². The van der Waals surface area contributed by atoms with Crippen LogP contribution in [0.3, 0.4) is 0 Å². The van der Waals surface area contributed by atoms with Crippen LogP contribution in [0.2, 0.25) is 0 Å². The minimum atomic E-state index is -2.43. The van der Waals surface area contributed by atoms with E-state index in [2.05, 4.69) is 20.9 Å². The number of benzene rings is 3. The Morgan fingerprint density at radius 3 is 1.81 bits per heavy atom. The molecule has 0 unspecified atom stereocenters. The number of primary amides is 1. The Morgan fingerprint density at radius 2 is 1.22 bits per heavy atom. The number of nitrogens with one attached hydrogen (secondary N) is 3. The van der Waals surface area contributed by atoms with Gasteiger partial charge in [-0.05, 0) is 56.1 Å². The average molecular weight is 819 g/mol. The molecule has 3 rings (SSSR count). The van der Waals surface area contributed by atoms with Gasteiger partial charge < -0.3 is 43.6 Å². The van der Waals surface area contributed by atoms with E-state index in [4.69, 9.17) is 27.7 Å². The van der Waals surface area contributed by atoms with E-state index >= 15 is 0 Å². The molecule has 314 valence electrons. The number of carbonyl (C=O) groups is 5. The number of aliphatic imine (C=N–C) groups is 1. The molecule has 3 aromatic rings. The number of nitrogens with zero attached hydrogens (tertiary/aromatic N) is 1. The molecule has 0 aliphatic carbocycles. The van der Waals surface area contributed by atoms with Gasteiger partial charge in [-0.25, -0.2) is 26.7 Å². The normalized spacial score (nSPS) is 13.0. The number of rotatable bonds is 23. The maximum atomic E-state index is 14.9. The Hall–Kier alpha value is -6.11. The predicted octanol–water partition coefficient (Wildman–Crippen LogP) is 2.68. The second-order valence-electron chi connectivity index (χ2n) is 13.4. The van der Waals surface area contributed by atoms with Gasteiger partial charge in [0.15, 0.2) is 35.0 Å². The molecule has 3 aromatic carbocycles. The number of nitrogens with two attached hydrogens (primary N) is 4. The lowest BCUT2D eigenvalue weighted by atomic mass is 9.89. The van der Waals surface area contributed by atoms with E-state index in [1.165, 1.54) is 0 Å². The second-order valence-corrected chi connectivity index (χ2v) is 13.4. The van der Waals surface area contributed by atoms with Gasteiger partial charge >= 0.3 is 6.09 Å². The van der Waals surface area contributed by atoms with Crippen LogP contribution in [-0.4, -0.2) is 66.8 Å². The van der Waals surface area contributed by atoms with Gasteiger partial charge in [0.05, 0.1) is 12.1 Å². The third-order valence-electron chi connectivity index (χ3n) is 8.92. The highest BCUT2D eigenvalue weighted by molar-refractivity contribution is 5.94. The summed E-state index contributed by atoms with van der Waals surface area (Å²) in [5.41, 5.74) is 22.5. The van der Waals surface area contributed by atoms with Crippen molar-refractivity contribution in [2.75, 3.05) is 13.1 Å². The lowest BCUT2D eigenvalue weighted by molar-refractivity contribution is -0.133. The lowest BCUT2D eigenvalue weighted by Gasteiger charge is -2.24. The maximum absolute atomic E-state index is 14.9. The Morgan fingerprint density at radius 1 is 0.672 bits per heavy atom. The number of carbonyl (C=O) groups excluding carboxylic acids is 5. The Kier molecular flexibility index (Phi) is 18.5. The highest BCUT2D eigenvalue weighted by atomic mass is 19.2. The number of Topliss-reactive ketones (excluding diaryl/α,β-unsaturated/α-hetero) is 1. The topological polar surface area (TPSA) is 247 Å². The molecule has 0 aliphatic heterocycles. The zero-order valence-electron chi connectivity index (χ0n) is 31.5. The van der Waals surface area contributed by atoms with Crippen LogP contribution in [0.25, 0.3) is 0 Å². The van der Waals surface area contributed by atoms with E-state index in [0.717, 1.165) is 5.56 Å². The van der Waals surface area contributed by atoms with Crippen LogP contribution >= 0.6 is 0 Å². The second kappa shape index (κ2) is 23.2. The van der Waals surface area contributed by atoms with Gasteiger partial charge in [0.2, 0.25) is 23.5 Å². The van der Waals surface area contributed by atoms with E-state index in [-0.39, 0.29) is 64.2 Å². The Bertz CT molecular complexity index is 1870. The maximum Gasteiger partial charge on any atom is 0.407 e.